The fraction of sp³-hybridized carbons (Fsp3) is 0.125. The van der Waals surface area contributed by atoms with E-state index >= 15 is 0 Å². The van der Waals surface area contributed by atoms with Crippen molar-refractivity contribution < 1.29 is 0 Å². The summed E-state index contributed by atoms with van der Waals surface area (Å²) < 4.78 is 0. The van der Waals surface area contributed by atoms with Crippen molar-refractivity contribution in [3.63, 3.8) is 0 Å². The van der Waals surface area contributed by atoms with Gasteiger partial charge < -0.3 is 5.32 Å². The molecule has 2 heterocycles. The molecule has 0 fully saturated rings. The van der Waals surface area contributed by atoms with Crippen LogP contribution in [0.1, 0.15) is 13.3 Å². The second kappa shape index (κ2) is 5.57. The predicted molar refractivity (Wildman–Crippen MR) is 82.4 cm³/mol. The van der Waals surface area contributed by atoms with Gasteiger partial charge in [0.25, 0.3) is 0 Å². The Hall–Kier alpha value is -2.62. The summed E-state index contributed by atoms with van der Waals surface area (Å²) in [5.74, 6) is 0.853. The van der Waals surface area contributed by atoms with Crippen molar-refractivity contribution in [3.8, 4) is 11.1 Å². The number of anilines is 1. The lowest BCUT2D eigenvalue weighted by Gasteiger charge is -2.04. The van der Waals surface area contributed by atoms with Crippen molar-refractivity contribution in [2.45, 2.75) is 13.3 Å². The fourth-order valence-electron chi connectivity index (χ4n) is 2.07. The van der Waals surface area contributed by atoms with E-state index in [1.165, 1.54) is 0 Å². The SMILES string of the molecule is CC/C=C/Nc1cc2cc(-c3cn[nH]c3)ccc2cn1. The van der Waals surface area contributed by atoms with Crippen molar-refractivity contribution in [2.75, 3.05) is 5.32 Å². The number of benzene rings is 1. The molecule has 100 valence electrons. The zero-order valence-corrected chi connectivity index (χ0v) is 11.3. The molecule has 0 bridgehead atoms. The molecule has 0 radical (unpaired) electrons. The molecule has 1 aromatic carbocycles. The van der Waals surface area contributed by atoms with E-state index in [2.05, 4.69) is 57.8 Å². The van der Waals surface area contributed by atoms with Crippen LogP contribution in [0.4, 0.5) is 5.82 Å². The maximum absolute atomic E-state index is 4.39. The van der Waals surface area contributed by atoms with E-state index in [9.17, 15) is 0 Å². The van der Waals surface area contributed by atoms with Gasteiger partial charge in [0.05, 0.1) is 6.20 Å². The zero-order chi connectivity index (χ0) is 13.8. The second-order valence-corrected chi connectivity index (χ2v) is 4.57. The van der Waals surface area contributed by atoms with Crippen LogP contribution in [0.25, 0.3) is 21.9 Å². The van der Waals surface area contributed by atoms with Gasteiger partial charge in [-0.3, -0.25) is 5.10 Å². The zero-order valence-electron chi connectivity index (χ0n) is 11.3. The highest BCUT2D eigenvalue weighted by Crippen LogP contribution is 2.24. The molecule has 20 heavy (non-hydrogen) atoms. The van der Waals surface area contributed by atoms with Gasteiger partial charge in [0.2, 0.25) is 0 Å². The summed E-state index contributed by atoms with van der Waals surface area (Å²) in [5, 5.41) is 12.3. The molecular weight excluding hydrogens is 248 g/mol. The first-order valence-electron chi connectivity index (χ1n) is 6.67. The van der Waals surface area contributed by atoms with Crippen LogP contribution >= 0.6 is 0 Å². The van der Waals surface area contributed by atoms with Crippen LogP contribution in [-0.2, 0) is 0 Å². The quantitative estimate of drug-likeness (QED) is 0.750. The van der Waals surface area contributed by atoms with Gasteiger partial charge >= 0.3 is 0 Å². The van der Waals surface area contributed by atoms with Crippen LogP contribution in [0.15, 0.2) is 55.1 Å². The smallest absolute Gasteiger partial charge is 0.130 e. The summed E-state index contributed by atoms with van der Waals surface area (Å²) in [6, 6.07) is 8.37. The van der Waals surface area contributed by atoms with E-state index in [1.807, 2.05) is 24.8 Å². The number of allylic oxidation sites excluding steroid dienone is 1. The first kappa shape index (κ1) is 12.4. The molecule has 0 unspecified atom stereocenters. The van der Waals surface area contributed by atoms with Crippen molar-refractivity contribution >= 4 is 16.6 Å². The van der Waals surface area contributed by atoms with Gasteiger partial charge in [-0.25, -0.2) is 4.98 Å². The number of rotatable bonds is 4. The third-order valence-electron chi connectivity index (χ3n) is 3.14. The number of aromatic amines is 1. The van der Waals surface area contributed by atoms with Crippen LogP contribution in [-0.4, -0.2) is 15.2 Å². The van der Waals surface area contributed by atoms with Crippen LogP contribution < -0.4 is 5.32 Å². The summed E-state index contributed by atoms with van der Waals surface area (Å²) in [4.78, 5) is 4.39. The summed E-state index contributed by atoms with van der Waals surface area (Å²) in [7, 11) is 0. The summed E-state index contributed by atoms with van der Waals surface area (Å²) in [5.41, 5.74) is 2.23. The van der Waals surface area contributed by atoms with E-state index in [4.69, 9.17) is 0 Å². The average molecular weight is 264 g/mol. The number of H-pyrrole nitrogens is 1. The molecule has 0 aliphatic carbocycles. The molecule has 0 atom stereocenters. The third-order valence-corrected chi connectivity index (χ3v) is 3.14. The average Bonchev–Trinajstić information content (AvgIpc) is 3.01. The number of nitrogens with zero attached hydrogens (tertiary/aromatic N) is 2. The Balaban J connectivity index is 1.97. The lowest BCUT2D eigenvalue weighted by Crippen LogP contribution is -1.91. The van der Waals surface area contributed by atoms with Gasteiger partial charge in [-0.05, 0) is 35.7 Å². The third kappa shape index (κ3) is 2.54. The Kier molecular flexibility index (Phi) is 3.46. The van der Waals surface area contributed by atoms with E-state index in [1.54, 1.807) is 0 Å². The molecule has 4 nitrogen and oxygen atoms in total. The number of aromatic nitrogens is 3. The molecule has 4 heteroatoms. The molecule has 0 aliphatic heterocycles. The fourth-order valence-corrected chi connectivity index (χ4v) is 2.07. The monoisotopic (exact) mass is 264 g/mol. The molecule has 0 spiro atoms. The number of hydrogen-bond acceptors (Lipinski definition) is 3. The van der Waals surface area contributed by atoms with Gasteiger partial charge in [-0.1, -0.05) is 25.1 Å². The Labute approximate surface area is 117 Å². The molecule has 0 saturated heterocycles. The van der Waals surface area contributed by atoms with Gasteiger partial charge in [0.1, 0.15) is 5.82 Å². The van der Waals surface area contributed by atoms with Gasteiger partial charge in [0, 0.05) is 23.3 Å². The second-order valence-electron chi connectivity index (χ2n) is 4.57. The topological polar surface area (TPSA) is 53.6 Å². The van der Waals surface area contributed by atoms with Crippen LogP contribution in [0.5, 0.6) is 0 Å². The maximum Gasteiger partial charge on any atom is 0.130 e. The molecule has 0 saturated carbocycles. The van der Waals surface area contributed by atoms with E-state index < -0.39 is 0 Å². The van der Waals surface area contributed by atoms with E-state index in [0.717, 1.165) is 34.1 Å². The predicted octanol–water partition coefficient (Wildman–Crippen LogP) is 3.96. The van der Waals surface area contributed by atoms with Crippen molar-refractivity contribution in [1.29, 1.82) is 0 Å². The van der Waals surface area contributed by atoms with Crippen molar-refractivity contribution in [3.05, 3.63) is 55.1 Å². The standard InChI is InChI=1S/C16H16N4/c1-2-3-6-17-16-8-14-7-12(15-10-19-20-11-15)4-5-13(14)9-18-16/h3-11H,2H2,1H3,(H,17,18)(H,19,20)/b6-3+. The summed E-state index contributed by atoms with van der Waals surface area (Å²) in [6.45, 7) is 2.10. The van der Waals surface area contributed by atoms with Gasteiger partial charge in [0.15, 0.2) is 0 Å². The summed E-state index contributed by atoms with van der Waals surface area (Å²) in [6.07, 6.45) is 10.6. The lowest BCUT2D eigenvalue weighted by molar-refractivity contribution is 1.09. The molecule has 3 aromatic rings. The number of pyridine rings is 1. The van der Waals surface area contributed by atoms with Crippen LogP contribution in [0.3, 0.4) is 0 Å². The highest BCUT2D eigenvalue weighted by Gasteiger charge is 2.02. The Morgan fingerprint density at radius 1 is 1.15 bits per heavy atom. The number of fused-ring (bicyclic) bond motifs is 1. The maximum atomic E-state index is 4.39. The molecule has 0 aliphatic rings. The summed E-state index contributed by atoms with van der Waals surface area (Å²) >= 11 is 0. The number of hydrogen-bond donors (Lipinski definition) is 2. The lowest BCUT2D eigenvalue weighted by atomic mass is 10.1. The highest BCUT2D eigenvalue weighted by atomic mass is 15.1. The van der Waals surface area contributed by atoms with Crippen molar-refractivity contribution in [2.24, 2.45) is 0 Å². The van der Waals surface area contributed by atoms with E-state index in [0.29, 0.717) is 0 Å². The minimum atomic E-state index is 0.853. The molecule has 2 aromatic heterocycles. The largest absolute Gasteiger partial charge is 0.347 e. The Bertz CT molecular complexity index is 729. The number of nitrogens with one attached hydrogen (secondary N) is 2. The van der Waals surface area contributed by atoms with Crippen LogP contribution in [0, 0.1) is 0 Å². The van der Waals surface area contributed by atoms with Gasteiger partial charge in [-0.15, -0.1) is 0 Å². The molecule has 2 N–H and O–H groups in total. The van der Waals surface area contributed by atoms with Gasteiger partial charge in [-0.2, -0.15) is 5.10 Å². The molecule has 0 amide bonds. The molecule has 3 rings (SSSR count). The molecular formula is C16H16N4. The van der Waals surface area contributed by atoms with Crippen molar-refractivity contribution in [1.82, 2.24) is 15.2 Å². The normalized spacial score (nSPS) is 11.2. The van der Waals surface area contributed by atoms with E-state index in [-0.39, 0.29) is 0 Å². The Morgan fingerprint density at radius 2 is 2.10 bits per heavy atom. The van der Waals surface area contributed by atoms with Crippen LogP contribution in [0.2, 0.25) is 0 Å². The first-order valence-corrected chi connectivity index (χ1v) is 6.67. The first-order chi connectivity index (χ1) is 9.86. The Morgan fingerprint density at radius 3 is 2.90 bits per heavy atom. The highest BCUT2D eigenvalue weighted by molar-refractivity contribution is 5.88. The minimum Gasteiger partial charge on any atom is -0.347 e. The minimum absolute atomic E-state index is 0.853.